The van der Waals surface area contributed by atoms with Gasteiger partial charge in [-0.3, -0.25) is 4.98 Å². The zero-order valence-corrected chi connectivity index (χ0v) is 13.0. The Labute approximate surface area is 129 Å². The largest absolute Gasteiger partial charge is 0.490 e. The number of thiazole rings is 1. The lowest BCUT2D eigenvalue weighted by molar-refractivity contribution is 0.271. The van der Waals surface area contributed by atoms with Crippen LogP contribution in [0.15, 0.2) is 29.9 Å². The third kappa shape index (κ3) is 4.19. The predicted molar refractivity (Wildman–Crippen MR) is 83.9 cm³/mol. The zero-order valence-electron chi connectivity index (χ0n) is 12.2. The number of hydrogen-bond donors (Lipinski definition) is 1. The number of benzene rings is 1. The smallest absolute Gasteiger partial charge is 0.161 e. The molecule has 3 rings (SSSR count). The fraction of sp³-hybridized carbons (Fsp3) is 0.438. The summed E-state index contributed by atoms with van der Waals surface area (Å²) >= 11 is 1.60. The van der Waals surface area contributed by atoms with Crippen molar-refractivity contribution in [1.29, 1.82) is 0 Å². The van der Waals surface area contributed by atoms with Crippen molar-refractivity contribution in [1.82, 2.24) is 10.3 Å². The van der Waals surface area contributed by atoms with Gasteiger partial charge in [-0.2, -0.15) is 0 Å². The summed E-state index contributed by atoms with van der Waals surface area (Å²) in [6, 6.07) is 6.87. The summed E-state index contributed by atoms with van der Waals surface area (Å²) in [6.07, 6.45) is 4.43. The lowest BCUT2D eigenvalue weighted by Gasteiger charge is -2.13. The van der Waals surface area contributed by atoms with Crippen LogP contribution in [0.4, 0.5) is 0 Å². The number of ether oxygens (including phenoxy) is 2. The molecule has 2 aromatic rings. The summed E-state index contributed by atoms with van der Waals surface area (Å²) in [4.78, 5) is 5.16. The Morgan fingerprint density at radius 2 is 2.19 bits per heavy atom. The molecule has 1 aromatic carbocycles. The van der Waals surface area contributed by atoms with E-state index >= 15 is 0 Å². The average Bonchev–Trinajstić information content (AvgIpc) is 3.18. The highest BCUT2D eigenvalue weighted by atomic mass is 32.1. The molecule has 0 atom stereocenters. The molecule has 112 valence electrons. The Bertz CT molecular complexity index is 568. The van der Waals surface area contributed by atoms with Crippen molar-refractivity contribution in [3.8, 4) is 11.5 Å². The van der Waals surface area contributed by atoms with E-state index in [2.05, 4.69) is 22.4 Å². The van der Waals surface area contributed by atoms with Crippen LogP contribution < -0.4 is 14.8 Å². The van der Waals surface area contributed by atoms with Gasteiger partial charge in [0.2, 0.25) is 0 Å². The highest BCUT2D eigenvalue weighted by Gasteiger charge is 2.20. The molecule has 0 amide bonds. The second kappa shape index (κ2) is 6.91. The lowest BCUT2D eigenvalue weighted by atomic mass is 10.2. The third-order valence-electron chi connectivity index (χ3n) is 3.33. The molecule has 0 spiro atoms. The van der Waals surface area contributed by atoms with Gasteiger partial charge in [-0.05, 0) is 37.5 Å². The molecule has 0 bridgehead atoms. The van der Waals surface area contributed by atoms with Crippen molar-refractivity contribution in [2.24, 2.45) is 0 Å². The van der Waals surface area contributed by atoms with Crippen LogP contribution in [0.3, 0.4) is 0 Å². The first-order valence-corrected chi connectivity index (χ1v) is 8.22. The molecule has 0 saturated heterocycles. The summed E-state index contributed by atoms with van der Waals surface area (Å²) in [5, 5.41) is 3.51. The number of rotatable bonds is 8. The maximum Gasteiger partial charge on any atom is 0.161 e. The molecule has 1 fully saturated rings. The molecular formula is C16H20N2O2S. The highest BCUT2D eigenvalue weighted by molar-refractivity contribution is 7.09. The highest BCUT2D eigenvalue weighted by Crippen LogP contribution is 2.30. The molecule has 0 aliphatic heterocycles. The van der Waals surface area contributed by atoms with E-state index in [0.29, 0.717) is 19.3 Å². The summed E-state index contributed by atoms with van der Waals surface area (Å²) in [5.41, 5.74) is 3.05. The molecule has 1 N–H and O–H groups in total. The minimum Gasteiger partial charge on any atom is -0.490 e. The van der Waals surface area contributed by atoms with Gasteiger partial charge in [-0.1, -0.05) is 6.07 Å². The van der Waals surface area contributed by atoms with Gasteiger partial charge in [-0.15, -0.1) is 11.3 Å². The van der Waals surface area contributed by atoms with E-state index in [4.69, 9.17) is 9.47 Å². The maximum absolute atomic E-state index is 5.85. The first-order valence-electron chi connectivity index (χ1n) is 7.34. The van der Waals surface area contributed by atoms with E-state index < -0.39 is 0 Å². The second-order valence-electron chi connectivity index (χ2n) is 5.13. The van der Waals surface area contributed by atoms with E-state index in [1.807, 2.05) is 24.7 Å². The molecule has 1 heterocycles. The van der Waals surface area contributed by atoms with Crippen LogP contribution in [0.1, 0.15) is 30.2 Å². The molecule has 1 aliphatic rings. The lowest BCUT2D eigenvalue weighted by Crippen LogP contribution is -2.15. The third-order valence-corrected chi connectivity index (χ3v) is 4.09. The standard InChI is InChI=1S/C16H20N2O2S/c1-2-19-16-7-12(8-18-13-4-5-13)3-6-15(16)20-10-14-9-17-11-21-14/h3,6-7,9,11,13,18H,2,4-5,8,10H2,1H3. The van der Waals surface area contributed by atoms with Crippen LogP contribution in [0.25, 0.3) is 0 Å². The Morgan fingerprint density at radius 3 is 2.90 bits per heavy atom. The molecule has 0 radical (unpaired) electrons. The first-order chi connectivity index (χ1) is 10.3. The monoisotopic (exact) mass is 304 g/mol. The van der Waals surface area contributed by atoms with E-state index in [1.165, 1.54) is 18.4 Å². The fourth-order valence-electron chi connectivity index (χ4n) is 2.06. The maximum atomic E-state index is 5.85. The van der Waals surface area contributed by atoms with Crippen LogP contribution in [0.5, 0.6) is 11.5 Å². The topological polar surface area (TPSA) is 43.4 Å². The Kier molecular flexibility index (Phi) is 4.72. The predicted octanol–water partition coefficient (Wildman–Crippen LogP) is 3.37. The quantitative estimate of drug-likeness (QED) is 0.812. The summed E-state index contributed by atoms with van der Waals surface area (Å²) in [5.74, 6) is 1.61. The molecule has 21 heavy (non-hydrogen) atoms. The van der Waals surface area contributed by atoms with Gasteiger partial charge in [-0.25, -0.2) is 0 Å². The van der Waals surface area contributed by atoms with Crippen LogP contribution in [-0.2, 0) is 13.2 Å². The number of aromatic nitrogens is 1. The fourth-order valence-corrected chi connectivity index (χ4v) is 2.57. The average molecular weight is 304 g/mol. The molecule has 1 aliphatic carbocycles. The van der Waals surface area contributed by atoms with Gasteiger partial charge < -0.3 is 14.8 Å². The van der Waals surface area contributed by atoms with Crippen LogP contribution >= 0.6 is 11.3 Å². The number of hydrogen-bond acceptors (Lipinski definition) is 5. The van der Waals surface area contributed by atoms with Gasteiger partial charge >= 0.3 is 0 Å². The molecule has 4 nitrogen and oxygen atoms in total. The van der Waals surface area contributed by atoms with Crippen molar-refractivity contribution in [2.45, 2.75) is 39.0 Å². The van der Waals surface area contributed by atoms with E-state index in [-0.39, 0.29) is 0 Å². The molecule has 1 saturated carbocycles. The van der Waals surface area contributed by atoms with Gasteiger partial charge in [0.05, 0.1) is 17.0 Å². The van der Waals surface area contributed by atoms with Crippen molar-refractivity contribution in [3.63, 3.8) is 0 Å². The zero-order chi connectivity index (χ0) is 14.5. The molecular weight excluding hydrogens is 284 g/mol. The van der Waals surface area contributed by atoms with Gasteiger partial charge in [0.1, 0.15) is 6.61 Å². The van der Waals surface area contributed by atoms with Crippen LogP contribution in [0, 0.1) is 0 Å². The number of nitrogens with one attached hydrogen (secondary N) is 1. The van der Waals surface area contributed by atoms with Gasteiger partial charge in [0, 0.05) is 18.8 Å². The Hall–Kier alpha value is -1.59. The van der Waals surface area contributed by atoms with Crippen molar-refractivity contribution in [3.05, 3.63) is 40.3 Å². The Balaban J connectivity index is 1.65. The van der Waals surface area contributed by atoms with E-state index in [9.17, 15) is 0 Å². The van der Waals surface area contributed by atoms with Crippen molar-refractivity contribution in [2.75, 3.05) is 6.61 Å². The Morgan fingerprint density at radius 1 is 1.29 bits per heavy atom. The van der Waals surface area contributed by atoms with E-state index in [0.717, 1.165) is 22.9 Å². The minimum absolute atomic E-state index is 0.532. The SMILES string of the molecule is CCOc1cc(CNC2CC2)ccc1OCc1cncs1. The van der Waals surface area contributed by atoms with Crippen LogP contribution in [0.2, 0.25) is 0 Å². The summed E-state index contributed by atoms with van der Waals surface area (Å²) < 4.78 is 11.6. The second-order valence-corrected chi connectivity index (χ2v) is 6.10. The first kappa shape index (κ1) is 14.4. The van der Waals surface area contributed by atoms with E-state index in [1.54, 1.807) is 11.3 Å². The van der Waals surface area contributed by atoms with Crippen molar-refractivity contribution < 1.29 is 9.47 Å². The van der Waals surface area contributed by atoms with Crippen molar-refractivity contribution >= 4 is 11.3 Å². The van der Waals surface area contributed by atoms with Gasteiger partial charge in [0.25, 0.3) is 0 Å². The minimum atomic E-state index is 0.532. The summed E-state index contributed by atoms with van der Waals surface area (Å²) in [6.45, 7) is 4.04. The van der Waals surface area contributed by atoms with Crippen LogP contribution in [-0.4, -0.2) is 17.6 Å². The molecule has 1 aromatic heterocycles. The molecule has 0 unspecified atom stereocenters. The summed E-state index contributed by atoms with van der Waals surface area (Å²) in [7, 11) is 0. The molecule has 5 heteroatoms. The van der Waals surface area contributed by atoms with Gasteiger partial charge in [0.15, 0.2) is 11.5 Å². The normalized spacial score (nSPS) is 14.1. The number of nitrogens with zero attached hydrogens (tertiary/aromatic N) is 1.